The van der Waals surface area contributed by atoms with Crippen LogP contribution in [0.4, 0.5) is 4.39 Å². The van der Waals surface area contributed by atoms with Gasteiger partial charge in [-0.2, -0.15) is 0 Å². The van der Waals surface area contributed by atoms with Gasteiger partial charge in [0, 0.05) is 38.2 Å². The Morgan fingerprint density at radius 1 is 1.09 bits per heavy atom. The van der Waals surface area contributed by atoms with Gasteiger partial charge in [-0.3, -0.25) is 9.59 Å². The molecule has 0 radical (unpaired) electrons. The van der Waals surface area contributed by atoms with Gasteiger partial charge in [0.15, 0.2) is 0 Å². The van der Waals surface area contributed by atoms with Crippen molar-refractivity contribution < 1.29 is 14.0 Å². The van der Waals surface area contributed by atoms with E-state index in [0.717, 1.165) is 19.4 Å². The predicted molar refractivity (Wildman–Crippen MR) is 86.7 cm³/mol. The van der Waals surface area contributed by atoms with E-state index in [2.05, 4.69) is 5.32 Å². The number of benzene rings is 1. The Labute approximate surface area is 136 Å². The Balaban J connectivity index is 1.89. The van der Waals surface area contributed by atoms with Crippen molar-refractivity contribution in [3.63, 3.8) is 0 Å². The van der Waals surface area contributed by atoms with E-state index in [-0.39, 0.29) is 17.6 Å². The lowest BCUT2D eigenvalue weighted by Crippen LogP contribution is -2.37. The summed E-state index contributed by atoms with van der Waals surface area (Å²) in [5, 5.41) is 3.03. The van der Waals surface area contributed by atoms with E-state index < -0.39 is 0 Å². The average molecular weight is 321 g/mol. The lowest BCUT2D eigenvalue weighted by Gasteiger charge is -2.22. The molecular weight excluding hydrogens is 297 g/mol. The molecule has 5 nitrogen and oxygen atoms in total. The van der Waals surface area contributed by atoms with E-state index in [1.54, 1.807) is 4.90 Å². The highest BCUT2D eigenvalue weighted by molar-refractivity contribution is 5.94. The molecule has 23 heavy (non-hydrogen) atoms. The van der Waals surface area contributed by atoms with Gasteiger partial charge < -0.3 is 15.1 Å². The SMILES string of the molecule is CNCCCC(=O)N1CCCN(C(=O)c2ccc(F)cc2)CC1. The van der Waals surface area contributed by atoms with Crippen LogP contribution in [0.15, 0.2) is 24.3 Å². The molecule has 2 amide bonds. The quantitative estimate of drug-likeness (QED) is 0.836. The number of nitrogens with zero attached hydrogens (tertiary/aromatic N) is 2. The van der Waals surface area contributed by atoms with Crippen molar-refractivity contribution in [1.82, 2.24) is 15.1 Å². The molecule has 0 aliphatic carbocycles. The van der Waals surface area contributed by atoms with Crippen LogP contribution >= 0.6 is 0 Å². The summed E-state index contributed by atoms with van der Waals surface area (Å²) in [6.07, 6.45) is 2.13. The normalized spacial score (nSPS) is 15.4. The van der Waals surface area contributed by atoms with Crippen molar-refractivity contribution in [1.29, 1.82) is 0 Å². The first kappa shape index (κ1) is 17.4. The van der Waals surface area contributed by atoms with Crippen molar-refractivity contribution >= 4 is 11.8 Å². The van der Waals surface area contributed by atoms with Crippen LogP contribution in [0, 0.1) is 5.82 Å². The molecule has 1 heterocycles. The fraction of sp³-hybridized carbons (Fsp3) is 0.529. The molecule has 1 aromatic rings. The van der Waals surface area contributed by atoms with Gasteiger partial charge in [0.25, 0.3) is 5.91 Å². The predicted octanol–water partition coefficient (Wildman–Crippen LogP) is 1.50. The molecule has 0 aromatic heterocycles. The monoisotopic (exact) mass is 321 g/mol. The zero-order chi connectivity index (χ0) is 16.7. The first-order chi connectivity index (χ1) is 11.1. The Morgan fingerprint density at radius 3 is 2.43 bits per heavy atom. The maximum Gasteiger partial charge on any atom is 0.253 e. The summed E-state index contributed by atoms with van der Waals surface area (Å²) >= 11 is 0. The third kappa shape index (κ3) is 5.03. The van der Waals surface area contributed by atoms with Crippen LogP contribution in [0.1, 0.15) is 29.6 Å². The van der Waals surface area contributed by atoms with Crippen molar-refractivity contribution in [2.24, 2.45) is 0 Å². The molecule has 0 bridgehead atoms. The number of carbonyl (C=O) groups is 2. The molecule has 1 aliphatic rings. The molecule has 0 saturated carbocycles. The molecule has 1 aromatic carbocycles. The fourth-order valence-corrected chi connectivity index (χ4v) is 2.72. The summed E-state index contributed by atoms with van der Waals surface area (Å²) in [6, 6.07) is 5.59. The molecule has 6 heteroatoms. The molecule has 0 atom stereocenters. The number of halogens is 1. The number of rotatable bonds is 5. The van der Waals surface area contributed by atoms with Crippen molar-refractivity contribution in [2.75, 3.05) is 39.8 Å². The van der Waals surface area contributed by atoms with Gasteiger partial charge >= 0.3 is 0 Å². The highest BCUT2D eigenvalue weighted by Gasteiger charge is 2.22. The topological polar surface area (TPSA) is 52.7 Å². The van der Waals surface area contributed by atoms with Crippen LogP contribution in [-0.4, -0.2) is 61.4 Å². The zero-order valence-corrected chi connectivity index (χ0v) is 13.6. The second-order valence-corrected chi connectivity index (χ2v) is 5.74. The van der Waals surface area contributed by atoms with Crippen LogP contribution in [-0.2, 0) is 4.79 Å². The van der Waals surface area contributed by atoms with Crippen LogP contribution < -0.4 is 5.32 Å². The van der Waals surface area contributed by atoms with Crippen molar-refractivity contribution in [3.8, 4) is 0 Å². The second-order valence-electron chi connectivity index (χ2n) is 5.74. The van der Waals surface area contributed by atoms with E-state index in [9.17, 15) is 14.0 Å². The van der Waals surface area contributed by atoms with Gasteiger partial charge in [0.2, 0.25) is 5.91 Å². The van der Waals surface area contributed by atoms with Crippen LogP contribution in [0.25, 0.3) is 0 Å². The maximum atomic E-state index is 13.0. The first-order valence-corrected chi connectivity index (χ1v) is 8.09. The Hall–Kier alpha value is -1.95. The molecule has 1 N–H and O–H groups in total. The van der Waals surface area contributed by atoms with Gasteiger partial charge in [-0.05, 0) is 50.7 Å². The highest BCUT2D eigenvalue weighted by atomic mass is 19.1. The molecule has 126 valence electrons. The Morgan fingerprint density at radius 2 is 1.74 bits per heavy atom. The van der Waals surface area contributed by atoms with E-state index in [0.29, 0.717) is 38.2 Å². The lowest BCUT2D eigenvalue weighted by molar-refractivity contribution is -0.131. The molecule has 1 saturated heterocycles. The minimum absolute atomic E-state index is 0.102. The average Bonchev–Trinajstić information content (AvgIpc) is 2.81. The summed E-state index contributed by atoms with van der Waals surface area (Å²) in [4.78, 5) is 28.2. The van der Waals surface area contributed by atoms with Crippen LogP contribution in [0.5, 0.6) is 0 Å². The number of hydrogen-bond acceptors (Lipinski definition) is 3. The largest absolute Gasteiger partial charge is 0.341 e. The summed E-state index contributed by atoms with van der Waals surface area (Å²) in [5.41, 5.74) is 0.486. The number of nitrogens with one attached hydrogen (secondary N) is 1. The smallest absolute Gasteiger partial charge is 0.253 e. The first-order valence-electron chi connectivity index (χ1n) is 8.09. The standard InChI is InChI=1S/C17H24FN3O2/c1-19-9-2-4-16(22)20-10-3-11-21(13-12-20)17(23)14-5-7-15(18)8-6-14/h5-8,19H,2-4,9-13H2,1H3. The van der Waals surface area contributed by atoms with Crippen molar-refractivity contribution in [2.45, 2.75) is 19.3 Å². The lowest BCUT2D eigenvalue weighted by atomic mass is 10.2. The fourth-order valence-electron chi connectivity index (χ4n) is 2.72. The summed E-state index contributed by atoms with van der Waals surface area (Å²) < 4.78 is 13.0. The molecule has 1 aliphatic heterocycles. The second kappa shape index (κ2) is 8.62. The molecule has 1 fully saturated rings. The van der Waals surface area contributed by atoms with E-state index >= 15 is 0 Å². The molecule has 0 spiro atoms. The third-order valence-corrected chi connectivity index (χ3v) is 4.04. The van der Waals surface area contributed by atoms with Crippen LogP contribution in [0.2, 0.25) is 0 Å². The minimum atomic E-state index is -0.351. The van der Waals surface area contributed by atoms with Gasteiger partial charge in [0.1, 0.15) is 5.82 Å². The maximum absolute atomic E-state index is 13.0. The molecule has 2 rings (SSSR count). The van der Waals surface area contributed by atoms with E-state index in [1.807, 2.05) is 11.9 Å². The number of carbonyl (C=O) groups excluding carboxylic acids is 2. The summed E-state index contributed by atoms with van der Waals surface area (Å²) in [7, 11) is 1.87. The van der Waals surface area contributed by atoms with Gasteiger partial charge in [-0.15, -0.1) is 0 Å². The minimum Gasteiger partial charge on any atom is -0.341 e. The molecule has 0 unspecified atom stereocenters. The van der Waals surface area contributed by atoms with E-state index in [4.69, 9.17) is 0 Å². The third-order valence-electron chi connectivity index (χ3n) is 4.04. The molecular formula is C17H24FN3O2. The summed E-state index contributed by atoms with van der Waals surface area (Å²) in [5.74, 6) is -0.304. The zero-order valence-electron chi connectivity index (χ0n) is 13.6. The van der Waals surface area contributed by atoms with Gasteiger partial charge in [-0.25, -0.2) is 4.39 Å². The van der Waals surface area contributed by atoms with Gasteiger partial charge in [-0.1, -0.05) is 0 Å². The Bertz CT molecular complexity index is 533. The number of amides is 2. The van der Waals surface area contributed by atoms with Crippen molar-refractivity contribution in [3.05, 3.63) is 35.6 Å². The summed E-state index contributed by atoms with van der Waals surface area (Å²) in [6.45, 7) is 3.22. The highest BCUT2D eigenvalue weighted by Crippen LogP contribution is 2.11. The van der Waals surface area contributed by atoms with Gasteiger partial charge in [0.05, 0.1) is 0 Å². The number of hydrogen-bond donors (Lipinski definition) is 1. The van der Waals surface area contributed by atoms with Crippen LogP contribution in [0.3, 0.4) is 0 Å². The Kier molecular flexibility index (Phi) is 6.52. The van der Waals surface area contributed by atoms with E-state index in [1.165, 1.54) is 24.3 Å².